The van der Waals surface area contributed by atoms with E-state index in [-0.39, 0.29) is 22.4 Å². The molecule has 0 spiro atoms. The summed E-state index contributed by atoms with van der Waals surface area (Å²) in [5.74, 6) is 0. The van der Waals surface area contributed by atoms with E-state index in [0.29, 0.717) is 0 Å². The van der Waals surface area contributed by atoms with E-state index >= 15 is 0 Å². The molecule has 0 atom stereocenters. The standard InChI is InChI=1S/C5H3Br3N2.Ag/c6-5(7,8)4-1-2-9-3-10-4;/h1-3H;. The van der Waals surface area contributed by atoms with E-state index in [0.717, 1.165) is 5.69 Å². The van der Waals surface area contributed by atoms with Crippen LogP contribution in [0.3, 0.4) is 0 Å². The summed E-state index contributed by atoms with van der Waals surface area (Å²) < 4.78 is -0.421. The van der Waals surface area contributed by atoms with Gasteiger partial charge in [0.2, 0.25) is 0 Å². The predicted molar refractivity (Wildman–Crippen MR) is 50.5 cm³/mol. The molecule has 0 amide bonds. The van der Waals surface area contributed by atoms with E-state index in [4.69, 9.17) is 0 Å². The van der Waals surface area contributed by atoms with Crippen LogP contribution in [0.4, 0.5) is 0 Å². The van der Waals surface area contributed by atoms with Crippen LogP contribution in [0.15, 0.2) is 18.6 Å². The van der Waals surface area contributed by atoms with Crippen LogP contribution in [0.2, 0.25) is 0 Å². The minimum Gasteiger partial charge on any atom is -0.245 e. The predicted octanol–water partition coefficient (Wildman–Crippen LogP) is 2.77. The van der Waals surface area contributed by atoms with Crippen molar-refractivity contribution in [3.8, 4) is 0 Å². The van der Waals surface area contributed by atoms with Crippen molar-refractivity contribution in [1.29, 1.82) is 0 Å². The average Bonchev–Trinajstić information content (AvgIpc) is 1.88. The molecular weight excluding hydrogens is 436 g/mol. The Morgan fingerprint density at radius 3 is 2.18 bits per heavy atom. The third-order valence-corrected chi connectivity index (χ3v) is 2.09. The molecular formula is C5H3AgBr3N2. The molecule has 0 saturated carbocycles. The van der Waals surface area contributed by atoms with Gasteiger partial charge in [-0.15, -0.1) is 0 Å². The van der Waals surface area contributed by atoms with E-state index in [1.807, 2.05) is 0 Å². The summed E-state index contributed by atoms with van der Waals surface area (Å²) >= 11 is 9.99. The molecule has 0 aliphatic heterocycles. The third-order valence-electron chi connectivity index (χ3n) is 0.872. The molecule has 11 heavy (non-hydrogen) atoms. The first-order chi connectivity index (χ1) is 4.61. The van der Waals surface area contributed by atoms with Crippen molar-refractivity contribution >= 4 is 47.8 Å². The Labute approximate surface area is 105 Å². The Kier molecular flexibility index (Phi) is 5.67. The van der Waals surface area contributed by atoms with Gasteiger partial charge in [0.15, 0.2) is 2.14 Å². The van der Waals surface area contributed by atoms with E-state index in [2.05, 4.69) is 57.8 Å². The Hall–Kier alpha value is 1.26. The fourth-order valence-corrected chi connectivity index (χ4v) is 1.16. The van der Waals surface area contributed by atoms with Gasteiger partial charge in [0.25, 0.3) is 0 Å². The second-order valence-electron chi connectivity index (χ2n) is 1.59. The molecule has 65 valence electrons. The molecule has 2 nitrogen and oxygen atoms in total. The van der Waals surface area contributed by atoms with Gasteiger partial charge in [-0.2, -0.15) is 0 Å². The van der Waals surface area contributed by atoms with Crippen LogP contribution in [0.5, 0.6) is 0 Å². The zero-order valence-electron chi connectivity index (χ0n) is 5.06. The van der Waals surface area contributed by atoms with Gasteiger partial charge in [0.05, 0.1) is 5.69 Å². The average molecular weight is 439 g/mol. The van der Waals surface area contributed by atoms with E-state index in [1.54, 1.807) is 12.3 Å². The molecule has 0 aromatic carbocycles. The van der Waals surface area contributed by atoms with Gasteiger partial charge in [-0.3, -0.25) is 0 Å². The number of halogens is 3. The fraction of sp³-hybridized carbons (Fsp3) is 0.200. The molecule has 0 aliphatic rings. The summed E-state index contributed by atoms with van der Waals surface area (Å²) in [4.78, 5) is 7.78. The SMILES string of the molecule is BrC(Br)(Br)c1ccncn1.[Ag]. The van der Waals surface area contributed by atoms with Crippen LogP contribution in [0.1, 0.15) is 5.69 Å². The molecule has 1 radical (unpaired) electrons. The molecule has 0 bridgehead atoms. The van der Waals surface area contributed by atoms with E-state index in [1.165, 1.54) is 6.33 Å². The number of hydrogen-bond acceptors (Lipinski definition) is 2. The topological polar surface area (TPSA) is 25.8 Å². The molecule has 0 saturated heterocycles. The monoisotopic (exact) mass is 435 g/mol. The van der Waals surface area contributed by atoms with Crippen molar-refractivity contribution in [3.05, 3.63) is 24.3 Å². The molecule has 1 aromatic rings. The number of rotatable bonds is 0. The van der Waals surface area contributed by atoms with Crippen molar-refractivity contribution in [2.75, 3.05) is 0 Å². The van der Waals surface area contributed by atoms with Gasteiger partial charge < -0.3 is 0 Å². The first-order valence-corrected chi connectivity index (χ1v) is 4.82. The number of nitrogens with zero attached hydrogens (tertiary/aromatic N) is 2. The number of aromatic nitrogens is 2. The number of alkyl halides is 3. The summed E-state index contributed by atoms with van der Waals surface area (Å²) in [6, 6.07) is 1.80. The zero-order chi connectivity index (χ0) is 7.61. The Balaban J connectivity index is 0.000001000. The van der Waals surface area contributed by atoms with Crippen molar-refractivity contribution in [3.63, 3.8) is 0 Å². The minimum absolute atomic E-state index is 0. The summed E-state index contributed by atoms with van der Waals surface area (Å²) in [5, 5.41) is 0. The van der Waals surface area contributed by atoms with Crippen molar-refractivity contribution in [2.45, 2.75) is 2.14 Å². The molecule has 0 aliphatic carbocycles. The van der Waals surface area contributed by atoms with Crippen LogP contribution in [0, 0.1) is 0 Å². The molecule has 0 unspecified atom stereocenters. The molecule has 1 aromatic heterocycles. The fourth-order valence-electron chi connectivity index (χ4n) is 0.458. The van der Waals surface area contributed by atoms with E-state index in [9.17, 15) is 0 Å². The molecule has 1 heterocycles. The van der Waals surface area contributed by atoms with Gasteiger partial charge in [0, 0.05) is 28.6 Å². The molecule has 0 fully saturated rings. The first kappa shape index (κ1) is 12.3. The van der Waals surface area contributed by atoms with Crippen LogP contribution >= 0.6 is 47.8 Å². The Morgan fingerprint density at radius 1 is 1.27 bits per heavy atom. The van der Waals surface area contributed by atoms with Gasteiger partial charge in [-0.05, 0) is 6.07 Å². The third kappa shape index (κ3) is 4.15. The van der Waals surface area contributed by atoms with Crippen molar-refractivity contribution in [2.24, 2.45) is 0 Å². The summed E-state index contributed by atoms with van der Waals surface area (Å²) in [7, 11) is 0. The Bertz CT molecular complexity index is 211. The zero-order valence-corrected chi connectivity index (χ0v) is 11.3. The summed E-state index contributed by atoms with van der Waals surface area (Å²) in [6.07, 6.45) is 3.18. The van der Waals surface area contributed by atoms with Crippen molar-refractivity contribution in [1.82, 2.24) is 9.97 Å². The quantitative estimate of drug-likeness (QED) is 0.460. The minimum atomic E-state index is -0.421. The summed E-state index contributed by atoms with van der Waals surface area (Å²) in [5.41, 5.74) is 0.836. The number of hydrogen-bond donors (Lipinski definition) is 0. The molecule has 0 N–H and O–H groups in total. The first-order valence-electron chi connectivity index (χ1n) is 2.44. The van der Waals surface area contributed by atoms with Crippen LogP contribution in [0.25, 0.3) is 0 Å². The second kappa shape index (κ2) is 5.09. The second-order valence-corrected chi connectivity index (χ2v) is 8.35. The van der Waals surface area contributed by atoms with Crippen LogP contribution in [-0.2, 0) is 24.5 Å². The van der Waals surface area contributed by atoms with Gasteiger partial charge in [0.1, 0.15) is 6.33 Å². The van der Waals surface area contributed by atoms with E-state index < -0.39 is 2.14 Å². The van der Waals surface area contributed by atoms with Gasteiger partial charge in [-0.1, -0.05) is 47.8 Å². The largest absolute Gasteiger partial charge is 0.245 e. The maximum atomic E-state index is 4.00. The maximum absolute atomic E-state index is 4.00. The van der Waals surface area contributed by atoms with Gasteiger partial charge in [-0.25, -0.2) is 9.97 Å². The van der Waals surface area contributed by atoms with Gasteiger partial charge >= 0.3 is 0 Å². The van der Waals surface area contributed by atoms with Crippen molar-refractivity contribution < 1.29 is 22.4 Å². The molecule has 1 rings (SSSR count). The van der Waals surface area contributed by atoms with Crippen LogP contribution in [-0.4, -0.2) is 9.97 Å². The normalized spacial score (nSPS) is 10.5. The Morgan fingerprint density at radius 2 is 1.91 bits per heavy atom. The molecule has 6 heteroatoms. The smallest absolute Gasteiger partial charge is 0.176 e. The maximum Gasteiger partial charge on any atom is 0.176 e. The van der Waals surface area contributed by atoms with Crippen LogP contribution < -0.4 is 0 Å². The summed E-state index contributed by atoms with van der Waals surface area (Å²) in [6.45, 7) is 0.